The number of hydrogen-bond donors (Lipinski definition) is 1. The van der Waals surface area contributed by atoms with E-state index in [4.69, 9.17) is 0 Å². The Morgan fingerprint density at radius 3 is 2.24 bits per heavy atom. The van der Waals surface area contributed by atoms with Gasteiger partial charge >= 0.3 is 0 Å². The highest BCUT2D eigenvalue weighted by atomic mass is 127. The minimum atomic E-state index is 1.01. The Balaban J connectivity index is 2.05. The van der Waals surface area contributed by atoms with Crippen molar-refractivity contribution in [3.8, 4) is 0 Å². The Morgan fingerprint density at radius 2 is 1.59 bits per heavy atom. The first-order valence-corrected chi connectivity index (χ1v) is 8.24. The van der Waals surface area contributed by atoms with Gasteiger partial charge in [-0.1, -0.05) is 66.6 Å². The van der Waals surface area contributed by atoms with Gasteiger partial charge in [0.05, 0.1) is 0 Å². The maximum absolute atomic E-state index is 3.51. The highest BCUT2D eigenvalue weighted by molar-refractivity contribution is 14.1. The van der Waals surface area contributed by atoms with Crippen molar-refractivity contribution in [3.05, 3.63) is 35.4 Å². The minimum absolute atomic E-state index is 1.01. The quantitative estimate of drug-likeness (QED) is 0.399. The van der Waals surface area contributed by atoms with Crippen molar-refractivity contribution >= 4 is 22.6 Å². The van der Waals surface area contributed by atoms with Gasteiger partial charge < -0.3 is 5.32 Å². The lowest BCUT2D eigenvalue weighted by atomic mass is 10.1. The Labute approximate surface area is 120 Å². The molecule has 0 heterocycles. The maximum Gasteiger partial charge on any atom is 0.0205 e. The second kappa shape index (κ2) is 9.89. The van der Waals surface area contributed by atoms with E-state index in [0.29, 0.717) is 0 Å². The first kappa shape index (κ1) is 15.0. The second-order valence-electron chi connectivity index (χ2n) is 4.45. The van der Waals surface area contributed by atoms with E-state index in [1.54, 1.807) is 0 Å². The molecular weight excluding hydrogens is 321 g/mol. The smallest absolute Gasteiger partial charge is 0.0205 e. The molecule has 0 bridgehead atoms. The van der Waals surface area contributed by atoms with Crippen LogP contribution in [-0.4, -0.2) is 11.0 Å². The third kappa shape index (κ3) is 7.04. The highest BCUT2D eigenvalue weighted by Gasteiger charge is 1.94. The lowest BCUT2D eigenvalue weighted by molar-refractivity contribution is 0.600. The summed E-state index contributed by atoms with van der Waals surface area (Å²) in [6.07, 6.45) is 6.56. The van der Waals surface area contributed by atoms with Crippen molar-refractivity contribution in [1.82, 2.24) is 5.32 Å². The molecule has 0 aliphatic carbocycles. The van der Waals surface area contributed by atoms with Crippen LogP contribution in [-0.2, 0) is 13.0 Å². The zero-order chi connectivity index (χ0) is 12.3. The summed E-state index contributed by atoms with van der Waals surface area (Å²) in [6, 6.07) is 8.94. The summed E-state index contributed by atoms with van der Waals surface area (Å²) >= 11 is 2.45. The van der Waals surface area contributed by atoms with Crippen LogP contribution in [0.1, 0.15) is 43.7 Å². The van der Waals surface area contributed by atoms with Gasteiger partial charge in [-0.05, 0) is 41.4 Å². The van der Waals surface area contributed by atoms with Crippen LogP contribution < -0.4 is 5.32 Å². The number of unbranched alkanes of at least 4 members (excludes halogenated alkanes) is 3. The van der Waals surface area contributed by atoms with Crippen LogP contribution in [0.25, 0.3) is 0 Å². The van der Waals surface area contributed by atoms with Gasteiger partial charge in [-0.2, -0.15) is 0 Å². The van der Waals surface area contributed by atoms with Gasteiger partial charge in [-0.3, -0.25) is 0 Å². The molecule has 0 aliphatic heterocycles. The fourth-order valence-corrected chi connectivity index (χ4v) is 2.36. The Morgan fingerprint density at radius 1 is 0.941 bits per heavy atom. The molecule has 0 fully saturated rings. The topological polar surface area (TPSA) is 12.0 Å². The molecule has 1 aromatic carbocycles. The van der Waals surface area contributed by atoms with Gasteiger partial charge in [-0.15, -0.1) is 0 Å². The van der Waals surface area contributed by atoms with E-state index in [2.05, 4.69) is 59.1 Å². The summed E-state index contributed by atoms with van der Waals surface area (Å²) < 4.78 is 1.30. The number of hydrogen-bond acceptors (Lipinski definition) is 1. The van der Waals surface area contributed by atoms with E-state index in [-0.39, 0.29) is 0 Å². The number of halogens is 1. The van der Waals surface area contributed by atoms with E-state index in [9.17, 15) is 0 Å². The average Bonchev–Trinajstić information content (AvgIpc) is 2.38. The molecule has 0 atom stereocenters. The third-order valence-electron chi connectivity index (χ3n) is 3.00. The number of aryl methyl sites for hydroxylation is 1. The zero-order valence-corrected chi connectivity index (χ0v) is 13.0. The summed E-state index contributed by atoms with van der Waals surface area (Å²) in [5, 5.41) is 3.51. The lowest BCUT2D eigenvalue weighted by Gasteiger charge is -2.05. The van der Waals surface area contributed by atoms with Crippen molar-refractivity contribution < 1.29 is 0 Å². The van der Waals surface area contributed by atoms with Gasteiger partial charge in [0, 0.05) is 6.54 Å². The predicted molar refractivity (Wildman–Crippen MR) is 84.9 cm³/mol. The highest BCUT2D eigenvalue weighted by Crippen LogP contribution is 2.05. The van der Waals surface area contributed by atoms with Crippen LogP contribution in [0.15, 0.2) is 24.3 Å². The molecule has 0 saturated carbocycles. The first-order chi connectivity index (χ1) is 8.36. The molecule has 17 heavy (non-hydrogen) atoms. The number of nitrogens with one attached hydrogen (secondary N) is 1. The van der Waals surface area contributed by atoms with Crippen molar-refractivity contribution in [2.45, 2.75) is 45.6 Å². The monoisotopic (exact) mass is 345 g/mol. The van der Waals surface area contributed by atoms with E-state index >= 15 is 0 Å². The summed E-state index contributed by atoms with van der Waals surface area (Å²) in [4.78, 5) is 0. The van der Waals surface area contributed by atoms with Crippen LogP contribution in [0.4, 0.5) is 0 Å². The van der Waals surface area contributed by atoms with Crippen LogP contribution >= 0.6 is 22.6 Å². The van der Waals surface area contributed by atoms with E-state index in [1.807, 2.05) is 0 Å². The van der Waals surface area contributed by atoms with Gasteiger partial charge in [0.1, 0.15) is 0 Å². The minimum Gasteiger partial charge on any atom is -0.313 e. The second-order valence-corrected chi connectivity index (χ2v) is 5.53. The molecule has 0 aliphatic rings. The van der Waals surface area contributed by atoms with E-state index < -0.39 is 0 Å². The lowest BCUT2D eigenvalue weighted by Crippen LogP contribution is -2.14. The van der Waals surface area contributed by atoms with Gasteiger partial charge in [0.15, 0.2) is 0 Å². The fraction of sp³-hybridized carbons (Fsp3) is 0.600. The summed E-state index contributed by atoms with van der Waals surface area (Å²) in [5.41, 5.74) is 2.82. The molecule has 1 rings (SSSR count). The summed E-state index contributed by atoms with van der Waals surface area (Å²) in [7, 11) is 0. The Bertz CT molecular complexity index is 281. The normalized spacial score (nSPS) is 10.7. The number of benzene rings is 1. The molecule has 0 spiro atoms. The van der Waals surface area contributed by atoms with Crippen molar-refractivity contribution in [2.24, 2.45) is 0 Å². The first-order valence-electron chi connectivity index (χ1n) is 6.71. The summed E-state index contributed by atoms with van der Waals surface area (Å²) in [6.45, 7) is 4.36. The van der Waals surface area contributed by atoms with Crippen molar-refractivity contribution in [2.75, 3.05) is 11.0 Å². The van der Waals surface area contributed by atoms with E-state index in [1.165, 1.54) is 41.2 Å². The molecule has 0 saturated heterocycles. The average molecular weight is 345 g/mol. The molecule has 0 radical (unpaired) electrons. The molecular formula is C15H24IN. The van der Waals surface area contributed by atoms with Crippen molar-refractivity contribution in [1.29, 1.82) is 0 Å². The largest absolute Gasteiger partial charge is 0.313 e. The fourth-order valence-electron chi connectivity index (χ4n) is 1.82. The zero-order valence-electron chi connectivity index (χ0n) is 10.8. The molecule has 1 aromatic rings. The van der Waals surface area contributed by atoms with Crippen LogP contribution in [0.3, 0.4) is 0 Å². The molecule has 0 aromatic heterocycles. The Hall–Kier alpha value is -0.0900. The van der Waals surface area contributed by atoms with E-state index in [0.717, 1.165) is 19.5 Å². The van der Waals surface area contributed by atoms with Gasteiger partial charge in [-0.25, -0.2) is 0 Å². The molecule has 0 unspecified atom stereocenters. The SMILES string of the molecule is CCc1ccc(CNCCCCCCI)cc1. The van der Waals surface area contributed by atoms with Gasteiger partial charge in [0.25, 0.3) is 0 Å². The van der Waals surface area contributed by atoms with Gasteiger partial charge in [0.2, 0.25) is 0 Å². The van der Waals surface area contributed by atoms with Crippen LogP contribution in [0.5, 0.6) is 0 Å². The molecule has 0 amide bonds. The summed E-state index contributed by atoms with van der Waals surface area (Å²) in [5.74, 6) is 0. The third-order valence-corrected chi connectivity index (χ3v) is 3.76. The maximum atomic E-state index is 3.51. The van der Waals surface area contributed by atoms with Crippen LogP contribution in [0.2, 0.25) is 0 Å². The molecule has 2 heteroatoms. The number of rotatable bonds is 9. The molecule has 1 nitrogen and oxygen atoms in total. The molecule has 1 N–H and O–H groups in total. The van der Waals surface area contributed by atoms with Crippen molar-refractivity contribution in [3.63, 3.8) is 0 Å². The Kier molecular flexibility index (Phi) is 8.71. The standard InChI is InChI=1S/C15H24IN/c1-2-14-7-9-15(10-8-14)13-17-12-6-4-3-5-11-16/h7-10,17H,2-6,11-13H2,1H3. The molecule has 96 valence electrons. The predicted octanol–water partition coefficient (Wildman–Crippen LogP) is 4.33. The van der Waals surface area contributed by atoms with Crippen LogP contribution in [0, 0.1) is 0 Å². The number of alkyl halides is 1.